The highest BCUT2D eigenvalue weighted by atomic mass is 79.9. The summed E-state index contributed by atoms with van der Waals surface area (Å²) < 4.78 is 8.12. The van der Waals surface area contributed by atoms with Crippen molar-refractivity contribution in [3.05, 3.63) is 22.6 Å². The molecule has 0 bridgehead atoms. The molecule has 2 aromatic heterocycles. The molecule has 5 nitrogen and oxygen atoms in total. The molecule has 3 heterocycles. The number of aryl methyl sites for hydroxylation is 1. The quantitative estimate of drug-likeness (QED) is 0.802. The van der Waals surface area contributed by atoms with Crippen LogP contribution in [0.25, 0.3) is 5.65 Å². The number of aromatic nitrogens is 3. The van der Waals surface area contributed by atoms with Crippen molar-refractivity contribution in [2.45, 2.75) is 6.92 Å². The first-order valence-electron chi connectivity index (χ1n) is 5.60. The zero-order valence-corrected chi connectivity index (χ0v) is 11.1. The first kappa shape index (κ1) is 11.0. The van der Waals surface area contributed by atoms with E-state index in [0.29, 0.717) is 0 Å². The molecule has 90 valence electrons. The molecule has 3 rings (SSSR count). The number of anilines is 1. The Balaban J connectivity index is 2.12. The van der Waals surface area contributed by atoms with Crippen LogP contribution >= 0.6 is 15.9 Å². The second-order valence-electron chi connectivity index (χ2n) is 4.04. The Bertz CT molecular complexity index is 548. The zero-order valence-electron chi connectivity index (χ0n) is 9.56. The normalized spacial score (nSPS) is 16.7. The van der Waals surface area contributed by atoms with Crippen LogP contribution in [0.3, 0.4) is 0 Å². The number of fused-ring (bicyclic) bond motifs is 1. The van der Waals surface area contributed by atoms with E-state index in [1.807, 2.05) is 23.7 Å². The van der Waals surface area contributed by atoms with E-state index in [-0.39, 0.29) is 0 Å². The van der Waals surface area contributed by atoms with Crippen LogP contribution in [0.4, 0.5) is 5.69 Å². The molecule has 2 aromatic rings. The summed E-state index contributed by atoms with van der Waals surface area (Å²) in [7, 11) is 0. The summed E-state index contributed by atoms with van der Waals surface area (Å²) in [5, 5.41) is 4.31. The number of hydrogen-bond acceptors (Lipinski definition) is 4. The summed E-state index contributed by atoms with van der Waals surface area (Å²) in [6.07, 6.45) is 1.81. The lowest BCUT2D eigenvalue weighted by Crippen LogP contribution is -2.36. The minimum Gasteiger partial charge on any atom is -0.378 e. The Labute approximate surface area is 108 Å². The van der Waals surface area contributed by atoms with Crippen LogP contribution in [0.1, 0.15) is 5.69 Å². The van der Waals surface area contributed by atoms with Crippen LogP contribution in [0, 0.1) is 6.92 Å². The molecule has 0 aromatic carbocycles. The number of hydrogen-bond donors (Lipinski definition) is 0. The number of imidazole rings is 1. The van der Waals surface area contributed by atoms with Crippen molar-refractivity contribution in [1.82, 2.24) is 14.6 Å². The van der Waals surface area contributed by atoms with Crippen molar-refractivity contribution in [3.63, 3.8) is 0 Å². The molecule has 0 unspecified atom stereocenters. The molecule has 1 fully saturated rings. The third-order valence-electron chi connectivity index (χ3n) is 2.95. The van der Waals surface area contributed by atoms with E-state index < -0.39 is 0 Å². The molecule has 0 spiro atoms. The molecule has 1 aliphatic rings. The van der Waals surface area contributed by atoms with Crippen LogP contribution in [-0.4, -0.2) is 40.9 Å². The summed E-state index contributed by atoms with van der Waals surface area (Å²) in [6, 6.07) is 2.01. The minimum atomic E-state index is 0.773. The van der Waals surface area contributed by atoms with Crippen LogP contribution in [-0.2, 0) is 4.74 Å². The van der Waals surface area contributed by atoms with Gasteiger partial charge in [0.15, 0.2) is 5.65 Å². The topological polar surface area (TPSA) is 42.7 Å². The zero-order chi connectivity index (χ0) is 11.8. The molecule has 0 atom stereocenters. The van der Waals surface area contributed by atoms with Gasteiger partial charge in [-0.3, -0.25) is 0 Å². The minimum absolute atomic E-state index is 0.773. The van der Waals surface area contributed by atoms with Crippen molar-refractivity contribution >= 4 is 27.3 Å². The molecule has 17 heavy (non-hydrogen) atoms. The van der Waals surface area contributed by atoms with Gasteiger partial charge >= 0.3 is 0 Å². The summed E-state index contributed by atoms with van der Waals surface area (Å²) in [5.41, 5.74) is 2.98. The van der Waals surface area contributed by atoms with Crippen molar-refractivity contribution < 1.29 is 4.74 Å². The molecule has 1 aliphatic heterocycles. The van der Waals surface area contributed by atoms with Gasteiger partial charge in [0.2, 0.25) is 0 Å². The van der Waals surface area contributed by atoms with Crippen molar-refractivity contribution in [2.75, 3.05) is 31.2 Å². The summed E-state index contributed by atoms with van der Waals surface area (Å²) in [6.45, 7) is 5.33. The maximum atomic E-state index is 5.37. The standard InChI is InChI=1S/C11H13BrN4O/c1-8-10(12)16-11(14-8)9(2-3-13-16)15-4-6-17-7-5-15/h2-3H,4-7H2,1H3. The van der Waals surface area contributed by atoms with Crippen molar-refractivity contribution in [2.24, 2.45) is 0 Å². The second kappa shape index (κ2) is 4.27. The Morgan fingerprint density at radius 3 is 2.88 bits per heavy atom. The van der Waals surface area contributed by atoms with Crippen LogP contribution in [0.15, 0.2) is 16.9 Å². The van der Waals surface area contributed by atoms with Gasteiger partial charge in [0.25, 0.3) is 0 Å². The van der Waals surface area contributed by atoms with Crippen molar-refractivity contribution in [3.8, 4) is 0 Å². The molecule has 0 N–H and O–H groups in total. The van der Waals surface area contributed by atoms with E-state index in [1.54, 1.807) is 0 Å². The van der Waals surface area contributed by atoms with E-state index in [4.69, 9.17) is 4.74 Å². The monoisotopic (exact) mass is 296 g/mol. The third-order valence-corrected chi connectivity index (χ3v) is 3.86. The number of nitrogens with zero attached hydrogens (tertiary/aromatic N) is 4. The Morgan fingerprint density at radius 2 is 2.12 bits per heavy atom. The van der Waals surface area contributed by atoms with Gasteiger partial charge in [-0.25, -0.2) is 9.50 Å². The number of rotatable bonds is 1. The molecule has 0 amide bonds. The molecule has 6 heteroatoms. The van der Waals surface area contributed by atoms with E-state index in [0.717, 1.165) is 47.9 Å². The second-order valence-corrected chi connectivity index (χ2v) is 4.79. The molecule has 0 radical (unpaired) electrons. The first-order valence-corrected chi connectivity index (χ1v) is 6.39. The van der Waals surface area contributed by atoms with Crippen LogP contribution < -0.4 is 4.90 Å². The van der Waals surface area contributed by atoms with Gasteiger partial charge in [0.05, 0.1) is 30.8 Å². The van der Waals surface area contributed by atoms with E-state index >= 15 is 0 Å². The van der Waals surface area contributed by atoms with Gasteiger partial charge in [0.1, 0.15) is 4.60 Å². The molecule has 1 saturated heterocycles. The lowest BCUT2D eigenvalue weighted by molar-refractivity contribution is 0.123. The first-order chi connectivity index (χ1) is 8.27. The third kappa shape index (κ3) is 1.81. The van der Waals surface area contributed by atoms with Gasteiger partial charge in [-0.15, -0.1) is 0 Å². The number of ether oxygens (including phenoxy) is 1. The number of halogens is 1. The maximum absolute atomic E-state index is 5.37. The predicted octanol–water partition coefficient (Wildman–Crippen LogP) is 1.64. The smallest absolute Gasteiger partial charge is 0.178 e. The van der Waals surface area contributed by atoms with Crippen LogP contribution in [0.2, 0.25) is 0 Å². The average molecular weight is 297 g/mol. The SMILES string of the molecule is Cc1nc2c(N3CCOCC3)ccnn2c1Br. The average Bonchev–Trinajstić information content (AvgIpc) is 2.67. The largest absolute Gasteiger partial charge is 0.378 e. The van der Waals surface area contributed by atoms with Gasteiger partial charge < -0.3 is 9.64 Å². The Morgan fingerprint density at radius 1 is 1.35 bits per heavy atom. The van der Waals surface area contributed by atoms with Crippen molar-refractivity contribution in [1.29, 1.82) is 0 Å². The van der Waals surface area contributed by atoms with Gasteiger partial charge in [0, 0.05) is 13.1 Å². The highest BCUT2D eigenvalue weighted by Crippen LogP contribution is 2.25. The summed E-state index contributed by atoms with van der Waals surface area (Å²) in [5.74, 6) is 0. The maximum Gasteiger partial charge on any atom is 0.178 e. The Kier molecular flexibility index (Phi) is 2.76. The Hall–Kier alpha value is -1.14. The molecular formula is C11H13BrN4O. The highest BCUT2D eigenvalue weighted by Gasteiger charge is 2.17. The lowest BCUT2D eigenvalue weighted by Gasteiger charge is -2.28. The fourth-order valence-electron chi connectivity index (χ4n) is 2.07. The number of morpholine rings is 1. The fraction of sp³-hybridized carbons (Fsp3) is 0.455. The van der Waals surface area contributed by atoms with Gasteiger partial charge in [-0.2, -0.15) is 5.10 Å². The van der Waals surface area contributed by atoms with E-state index in [2.05, 4.69) is 30.9 Å². The highest BCUT2D eigenvalue weighted by molar-refractivity contribution is 9.10. The predicted molar refractivity (Wildman–Crippen MR) is 68.5 cm³/mol. The fourth-order valence-corrected chi connectivity index (χ4v) is 2.41. The molecular weight excluding hydrogens is 284 g/mol. The van der Waals surface area contributed by atoms with Gasteiger partial charge in [-0.05, 0) is 28.9 Å². The summed E-state index contributed by atoms with van der Waals surface area (Å²) in [4.78, 5) is 6.85. The van der Waals surface area contributed by atoms with Gasteiger partial charge in [-0.1, -0.05) is 0 Å². The van der Waals surface area contributed by atoms with E-state index in [9.17, 15) is 0 Å². The van der Waals surface area contributed by atoms with E-state index in [1.165, 1.54) is 0 Å². The van der Waals surface area contributed by atoms with Crippen LogP contribution in [0.5, 0.6) is 0 Å². The lowest BCUT2D eigenvalue weighted by atomic mass is 10.3. The molecule has 0 aliphatic carbocycles. The molecule has 0 saturated carbocycles. The summed E-state index contributed by atoms with van der Waals surface area (Å²) >= 11 is 3.50.